The zero-order valence-corrected chi connectivity index (χ0v) is 15.2. The highest BCUT2D eigenvalue weighted by Gasteiger charge is 2.46. The second-order valence-corrected chi connectivity index (χ2v) is 6.06. The van der Waals surface area contributed by atoms with Gasteiger partial charge in [0, 0.05) is 13.0 Å². The van der Waals surface area contributed by atoms with Crippen LogP contribution in [0.15, 0.2) is 24.4 Å². The Labute approximate surface area is 160 Å². The molecule has 2 rings (SSSR count). The molecular formula is C17H22N2O9. The van der Waals surface area contributed by atoms with Crippen LogP contribution in [0.4, 0.5) is 0 Å². The van der Waals surface area contributed by atoms with Crippen LogP contribution in [0.2, 0.25) is 0 Å². The van der Waals surface area contributed by atoms with E-state index >= 15 is 0 Å². The summed E-state index contributed by atoms with van der Waals surface area (Å²) >= 11 is 0. The number of amides is 1. The number of nitro groups is 1. The minimum Gasteiger partial charge on any atom is -0.493 e. The number of nitrogens with zero attached hydrogens (tertiary/aromatic N) is 1. The Morgan fingerprint density at radius 1 is 1.36 bits per heavy atom. The Morgan fingerprint density at radius 2 is 2.07 bits per heavy atom. The maximum Gasteiger partial charge on any atom is 0.235 e. The molecule has 1 amide bonds. The fraction of sp³-hybridized carbons (Fsp3) is 0.471. The summed E-state index contributed by atoms with van der Waals surface area (Å²) in [6, 6.07) is 3.37. The first-order chi connectivity index (χ1) is 13.3. The lowest BCUT2D eigenvalue weighted by molar-refractivity contribution is -0.400. The lowest BCUT2D eigenvalue weighted by Crippen LogP contribution is -2.65. The number of methoxy groups -OCH3 is 1. The summed E-state index contributed by atoms with van der Waals surface area (Å²) in [5, 5.41) is 42.5. The fourth-order valence-electron chi connectivity index (χ4n) is 2.73. The highest BCUT2D eigenvalue weighted by molar-refractivity contribution is 5.73. The largest absolute Gasteiger partial charge is 0.493 e. The summed E-state index contributed by atoms with van der Waals surface area (Å²) in [6.07, 6.45) is -3.21. The van der Waals surface area contributed by atoms with E-state index < -0.39 is 48.1 Å². The van der Waals surface area contributed by atoms with Gasteiger partial charge in [-0.05, 0) is 17.7 Å². The minimum atomic E-state index is -1.45. The number of ether oxygens (including phenoxy) is 3. The molecule has 0 spiro atoms. The maximum absolute atomic E-state index is 11.5. The van der Waals surface area contributed by atoms with Gasteiger partial charge in [-0.2, -0.15) is 0 Å². The molecule has 0 aromatic heterocycles. The van der Waals surface area contributed by atoms with Gasteiger partial charge in [-0.1, -0.05) is 6.07 Å². The van der Waals surface area contributed by atoms with Crippen LogP contribution in [-0.4, -0.2) is 70.5 Å². The lowest BCUT2D eigenvalue weighted by Gasteiger charge is -2.42. The van der Waals surface area contributed by atoms with Gasteiger partial charge in [-0.3, -0.25) is 14.9 Å². The predicted molar refractivity (Wildman–Crippen MR) is 95.0 cm³/mol. The molecule has 1 aromatic rings. The third-order valence-corrected chi connectivity index (χ3v) is 4.07. The molecule has 11 heteroatoms. The molecule has 0 radical (unpaired) electrons. The van der Waals surface area contributed by atoms with Crippen LogP contribution in [0, 0.1) is 10.1 Å². The molecule has 0 unspecified atom stereocenters. The summed E-state index contributed by atoms with van der Waals surface area (Å²) < 4.78 is 16.4. The van der Waals surface area contributed by atoms with E-state index in [-0.39, 0.29) is 11.5 Å². The molecule has 1 fully saturated rings. The van der Waals surface area contributed by atoms with Crippen LogP contribution >= 0.6 is 0 Å². The van der Waals surface area contributed by atoms with Crippen molar-refractivity contribution in [3.05, 3.63) is 40.1 Å². The molecule has 4 N–H and O–H groups in total. The van der Waals surface area contributed by atoms with E-state index in [1.807, 2.05) is 0 Å². The highest BCUT2D eigenvalue weighted by atomic mass is 16.7. The molecule has 1 heterocycles. The van der Waals surface area contributed by atoms with Gasteiger partial charge in [0.15, 0.2) is 11.5 Å². The first-order valence-electron chi connectivity index (χ1n) is 8.32. The highest BCUT2D eigenvalue weighted by Crippen LogP contribution is 2.32. The summed E-state index contributed by atoms with van der Waals surface area (Å²) in [6.45, 7) is 0.651. The Hall–Kier alpha value is -2.73. The van der Waals surface area contributed by atoms with Gasteiger partial charge in [0.1, 0.15) is 24.4 Å². The van der Waals surface area contributed by atoms with E-state index in [9.17, 15) is 30.2 Å². The number of carbonyl (C=O) groups is 1. The van der Waals surface area contributed by atoms with Crippen molar-refractivity contribution in [1.29, 1.82) is 0 Å². The van der Waals surface area contributed by atoms with Crippen molar-refractivity contribution in [2.75, 3.05) is 13.7 Å². The molecule has 154 valence electrons. The van der Waals surface area contributed by atoms with Gasteiger partial charge < -0.3 is 34.8 Å². The molecule has 1 aliphatic rings. The smallest absolute Gasteiger partial charge is 0.235 e. The fourth-order valence-corrected chi connectivity index (χ4v) is 2.73. The van der Waals surface area contributed by atoms with Crippen molar-refractivity contribution >= 4 is 12.0 Å². The van der Waals surface area contributed by atoms with Crippen LogP contribution in [0.5, 0.6) is 11.5 Å². The predicted octanol–water partition coefficient (Wildman–Crippen LogP) is -0.735. The first kappa shape index (κ1) is 21.6. The first-order valence-corrected chi connectivity index (χ1v) is 8.32. The number of benzene rings is 1. The van der Waals surface area contributed by atoms with Crippen molar-refractivity contribution in [3.63, 3.8) is 0 Å². The summed E-state index contributed by atoms with van der Waals surface area (Å²) in [5.74, 6) is -0.0960. The van der Waals surface area contributed by atoms with Crippen LogP contribution in [0.25, 0.3) is 6.08 Å². The van der Waals surface area contributed by atoms with Crippen molar-refractivity contribution in [2.24, 2.45) is 0 Å². The van der Waals surface area contributed by atoms with Gasteiger partial charge in [0.2, 0.25) is 18.4 Å². The molecule has 1 saturated heterocycles. The lowest BCUT2D eigenvalue weighted by atomic mass is 9.97. The van der Waals surface area contributed by atoms with Crippen LogP contribution in [0.3, 0.4) is 0 Å². The SMILES string of the molecule is COc1cc(C=C[N+](=O)[O-])ccc1O[C@H]1O[C@H](CO)[C@@H](O)[C@H](O)[C@H]1NC(C)=O. The summed E-state index contributed by atoms with van der Waals surface area (Å²) in [7, 11) is 1.37. The molecule has 0 bridgehead atoms. The topological polar surface area (TPSA) is 161 Å². The Bertz CT molecular complexity index is 739. The average Bonchev–Trinajstić information content (AvgIpc) is 2.66. The van der Waals surface area contributed by atoms with Gasteiger partial charge in [-0.15, -0.1) is 0 Å². The number of carbonyl (C=O) groups excluding carboxylic acids is 1. The monoisotopic (exact) mass is 398 g/mol. The summed E-state index contributed by atoms with van der Waals surface area (Å²) in [5.41, 5.74) is 0.479. The molecule has 1 aromatic carbocycles. The molecule has 5 atom stereocenters. The third-order valence-electron chi connectivity index (χ3n) is 4.07. The number of nitrogens with one attached hydrogen (secondary N) is 1. The van der Waals surface area contributed by atoms with E-state index in [4.69, 9.17) is 14.2 Å². The van der Waals surface area contributed by atoms with E-state index in [0.29, 0.717) is 5.56 Å². The van der Waals surface area contributed by atoms with Crippen LogP contribution in [-0.2, 0) is 9.53 Å². The number of rotatable bonds is 7. The van der Waals surface area contributed by atoms with Crippen molar-refractivity contribution in [2.45, 2.75) is 37.6 Å². The zero-order valence-electron chi connectivity index (χ0n) is 15.2. The van der Waals surface area contributed by atoms with Crippen LogP contribution < -0.4 is 14.8 Å². The molecule has 11 nitrogen and oxygen atoms in total. The van der Waals surface area contributed by atoms with Gasteiger partial charge >= 0.3 is 0 Å². The Balaban J connectivity index is 2.28. The second kappa shape index (κ2) is 9.46. The Kier molecular flexibility index (Phi) is 7.29. The summed E-state index contributed by atoms with van der Waals surface area (Å²) in [4.78, 5) is 21.3. The third kappa shape index (κ3) is 5.16. The van der Waals surface area contributed by atoms with Crippen molar-refractivity contribution < 1.29 is 39.2 Å². The standard InChI is InChI=1S/C17H22N2O9/c1-9(21)18-14-16(23)15(22)13(8-20)28-17(14)27-11-4-3-10(5-6-19(24)25)7-12(11)26-2/h3-7,13-17,20,22-23H,8H2,1-2H3,(H,18,21)/t13-,14-,15-,16-,17+/m1/s1. The van der Waals surface area contributed by atoms with Gasteiger partial charge in [0.05, 0.1) is 18.6 Å². The molecular weight excluding hydrogens is 376 g/mol. The Morgan fingerprint density at radius 3 is 2.64 bits per heavy atom. The normalized spacial score (nSPS) is 27.4. The molecule has 28 heavy (non-hydrogen) atoms. The van der Waals surface area contributed by atoms with Gasteiger partial charge in [-0.25, -0.2) is 0 Å². The second-order valence-electron chi connectivity index (χ2n) is 6.06. The number of hydrogen-bond donors (Lipinski definition) is 4. The van der Waals surface area contributed by atoms with E-state index in [1.54, 1.807) is 0 Å². The quantitative estimate of drug-likeness (QED) is 0.343. The molecule has 0 saturated carbocycles. The minimum absolute atomic E-state index is 0.168. The van der Waals surface area contributed by atoms with Crippen LogP contribution in [0.1, 0.15) is 12.5 Å². The van der Waals surface area contributed by atoms with Gasteiger partial charge in [0.25, 0.3) is 0 Å². The maximum atomic E-state index is 11.5. The van der Waals surface area contributed by atoms with E-state index in [2.05, 4.69) is 5.32 Å². The van der Waals surface area contributed by atoms with Crippen molar-refractivity contribution in [1.82, 2.24) is 5.32 Å². The number of hydrogen-bond acceptors (Lipinski definition) is 9. The molecule has 1 aliphatic heterocycles. The number of aliphatic hydroxyl groups excluding tert-OH is 3. The number of aliphatic hydroxyl groups is 3. The van der Waals surface area contributed by atoms with E-state index in [0.717, 1.165) is 6.20 Å². The zero-order chi connectivity index (χ0) is 20.8. The van der Waals surface area contributed by atoms with E-state index in [1.165, 1.54) is 38.3 Å². The molecule has 0 aliphatic carbocycles. The average molecular weight is 398 g/mol. The van der Waals surface area contributed by atoms with Crippen molar-refractivity contribution in [3.8, 4) is 11.5 Å².